The molecule has 4 aliphatic carbocycles. The molecule has 12 rings (SSSR count). The largest absolute Gasteiger partial charge is 0.273 e. The quantitative estimate of drug-likeness (QED) is 0.158. The van der Waals surface area contributed by atoms with Crippen LogP contribution in [0.5, 0.6) is 0 Å². The lowest BCUT2D eigenvalue weighted by Crippen LogP contribution is -2.28. The van der Waals surface area contributed by atoms with E-state index in [0.29, 0.717) is 0 Å². The number of hydrogen-bond donors (Lipinski definition) is 0. The molecule has 0 saturated heterocycles. The third kappa shape index (κ3) is 11.3. The van der Waals surface area contributed by atoms with Crippen molar-refractivity contribution >= 4 is 24.9 Å². The Morgan fingerprint density at radius 2 is 0.500 bits per heavy atom. The van der Waals surface area contributed by atoms with Gasteiger partial charge in [0, 0.05) is 47.1 Å². The van der Waals surface area contributed by atoms with Crippen LogP contribution in [0.15, 0.2) is 117 Å². The van der Waals surface area contributed by atoms with Crippen LogP contribution in [0.4, 0.5) is 0 Å². The third-order valence-corrected chi connectivity index (χ3v) is 13.9. The molecule has 8 bridgehead atoms. The maximum atomic E-state index is 5.25. The van der Waals surface area contributed by atoms with E-state index in [4.69, 9.17) is 20.0 Å². The molecule has 4 aromatic rings. The van der Waals surface area contributed by atoms with Gasteiger partial charge in [0.05, 0.1) is 0 Å². The molecule has 4 aromatic carbocycles. The van der Waals surface area contributed by atoms with Crippen LogP contribution in [-0.2, 0) is 0 Å². The minimum absolute atomic E-state index is 0.389. The molecule has 0 unspecified atom stereocenters. The summed E-state index contributed by atoms with van der Waals surface area (Å²) >= 11 is 0. The molecule has 64 heavy (non-hydrogen) atoms. The van der Waals surface area contributed by atoms with E-state index in [1.54, 1.807) is 0 Å². The summed E-state index contributed by atoms with van der Waals surface area (Å²) in [5.41, 5.74) is 6.69. The fourth-order valence-corrected chi connectivity index (χ4v) is 9.95. The second-order valence-electron chi connectivity index (χ2n) is 18.9. The molecular formula is C60H60N4. The predicted molar refractivity (Wildman–Crippen MR) is 267 cm³/mol. The van der Waals surface area contributed by atoms with Crippen molar-refractivity contribution < 1.29 is 0 Å². The van der Waals surface area contributed by atoms with Crippen molar-refractivity contribution in [3.63, 3.8) is 0 Å². The topological polar surface area (TPSA) is 49.4 Å². The lowest BCUT2D eigenvalue weighted by atomic mass is 9.82. The minimum atomic E-state index is -0.389. The molecule has 4 nitrogen and oxygen atoms in total. The van der Waals surface area contributed by atoms with Crippen LogP contribution < -0.4 is 0 Å². The number of aliphatic imine (C=N–C) groups is 4. The molecule has 8 aliphatic rings. The van der Waals surface area contributed by atoms with Gasteiger partial charge in [-0.1, -0.05) is 161 Å². The van der Waals surface area contributed by atoms with E-state index in [1.165, 1.54) is 25.7 Å². The van der Waals surface area contributed by atoms with Gasteiger partial charge in [-0.2, -0.15) is 0 Å². The molecule has 0 N–H and O–H groups in total. The molecule has 4 aliphatic heterocycles. The SMILES string of the molecule is C1#CC2(CCCCC2)N=Cc2cccc(c2)C=NC2(C#Cc3ccc(cc3)C#CC3(CCCCC3)N=Cc3cccc(c3)C=NC3(C#Cc4ccc1cc4)CCCCC3)CCCCC2. The van der Waals surface area contributed by atoms with Crippen LogP contribution in [0.2, 0.25) is 0 Å². The Hall–Kier alpha value is -6.20. The zero-order chi connectivity index (χ0) is 43.4. The van der Waals surface area contributed by atoms with Crippen molar-refractivity contribution in [1.82, 2.24) is 0 Å². The average Bonchev–Trinajstić information content (AvgIpc) is 3.36. The van der Waals surface area contributed by atoms with Crippen molar-refractivity contribution in [2.75, 3.05) is 0 Å². The summed E-state index contributed by atoms with van der Waals surface area (Å²) in [7, 11) is 0. The minimum Gasteiger partial charge on any atom is -0.273 e. The van der Waals surface area contributed by atoms with E-state index in [-0.39, 0.29) is 22.2 Å². The van der Waals surface area contributed by atoms with Gasteiger partial charge in [-0.05, 0) is 134 Å². The smallest absolute Gasteiger partial charge is 0.121 e. The Labute approximate surface area is 382 Å². The van der Waals surface area contributed by atoms with Gasteiger partial charge in [-0.3, -0.25) is 20.0 Å². The first-order valence-electron chi connectivity index (χ1n) is 24.2. The van der Waals surface area contributed by atoms with Crippen LogP contribution in [0.1, 0.15) is 173 Å². The highest BCUT2D eigenvalue weighted by Gasteiger charge is 2.32. The first-order valence-corrected chi connectivity index (χ1v) is 24.2. The molecule has 320 valence electrons. The van der Waals surface area contributed by atoms with Gasteiger partial charge < -0.3 is 0 Å². The molecule has 4 heteroatoms. The molecule has 4 heterocycles. The number of hydrogen-bond acceptors (Lipinski definition) is 4. The molecule has 0 radical (unpaired) electrons. The van der Waals surface area contributed by atoms with Crippen molar-refractivity contribution in [2.45, 2.75) is 151 Å². The maximum Gasteiger partial charge on any atom is 0.121 e. The van der Waals surface area contributed by atoms with Crippen LogP contribution in [0.25, 0.3) is 0 Å². The number of rotatable bonds is 0. The number of nitrogens with zero attached hydrogens (tertiary/aromatic N) is 4. The lowest BCUT2D eigenvalue weighted by Gasteiger charge is -2.28. The highest BCUT2D eigenvalue weighted by molar-refractivity contribution is 5.87. The second kappa shape index (κ2) is 20.1. The summed E-state index contributed by atoms with van der Waals surface area (Å²) in [5, 5.41) is 0. The highest BCUT2D eigenvalue weighted by Crippen LogP contribution is 2.35. The average molecular weight is 837 g/mol. The van der Waals surface area contributed by atoms with Crippen molar-refractivity contribution in [1.29, 1.82) is 0 Å². The molecule has 0 atom stereocenters. The van der Waals surface area contributed by atoms with Crippen molar-refractivity contribution in [3.05, 3.63) is 142 Å². The summed E-state index contributed by atoms with van der Waals surface area (Å²) in [6.07, 6.45) is 30.0. The van der Waals surface area contributed by atoms with Crippen LogP contribution in [-0.4, -0.2) is 47.0 Å². The highest BCUT2D eigenvalue weighted by atomic mass is 14.9. The summed E-state index contributed by atoms with van der Waals surface area (Å²) in [6.45, 7) is 0. The monoisotopic (exact) mass is 836 g/mol. The predicted octanol–water partition coefficient (Wildman–Crippen LogP) is 12.7. The van der Waals surface area contributed by atoms with Crippen LogP contribution >= 0.6 is 0 Å². The second-order valence-corrected chi connectivity index (χ2v) is 18.9. The van der Waals surface area contributed by atoms with Gasteiger partial charge in [0.15, 0.2) is 0 Å². The first kappa shape index (κ1) is 43.1. The van der Waals surface area contributed by atoms with E-state index in [9.17, 15) is 0 Å². The van der Waals surface area contributed by atoms with Gasteiger partial charge in [0.25, 0.3) is 0 Å². The molecule has 4 spiro atoms. The van der Waals surface area contributed by atoms with E-state index in [0.717, 1.165) is 147 Å². The standard InChI is InChI=1S/C60H60N4/c1-5-31-57(32-6-1)39-27-49-19-21-50(22-20-49)28-40-59(35-9-3-10-36-59)63-47-55-17-14-18-56(44-55)48-64-60(37-11-4-12-38-60)42-30-52-25-23-51(24-26-52)29-41-58(33-7-2-8-34-58)62-46-54-16-13-15-53(43-54)45-61-57/h13-26,43-48H,1-12,31-38H2. The van der Waals surface area contributed by atoms with Crippen LogP contribution in [0, 0.1) is 47.4 Å². The summed E-state index contributed by atoms with van der Waals surface area (Å²) in [5.74, 6) is 28.7. The van der Waals surface area contributed by atoms with Gasteiger partial charge in [0.2, 0.25) is 0 Å². The number of benzene rings is 4. The van der Waals surface area contributed by atoms with Crippen LogP contribution in [0.3, 0.4) is 0 Å². The van der Waals surface area contributed by atoms with E-state index in [1.807, 2.05) is 24.9 Å². The first-order chi connectivity index (χ1) is 31.5. The van der Waals surface area contributed by atoms with E-state index >= 15 is 0 Å². The third-order valence-electron chi connectivity index (χ3n) is 13.9. The normalized spacial score (nSPS) is 20.8. The molecule has 0 amide bonds. The van der Waals surface area contributed by atoms with Gasteiger partial charge in [0.1, 0.15) is 22.2 Å². The Morgan fingerprint density at radius 3 is 0.719 bits per heavy atom. The molecule has 0 aromatic heterocycles. The van der Waals surface area contributed by atoms with Gasteiger partial charge in [-0.25, -0.2) is 0 Å². The zero-order valence-electron chi connectivity index (χ0n) is 37.5. The van der Waals surface area contributed by atoms with Crippen molar-refractivity contribution in [3.8, 4) is 47.4 Å². The summed E-state index contributed by atoms with van der Waals surface area (Å²) < 4.78 is 0. The van der Waals surface area contributed by atoms with Gasteiger partial charge in [-0.15, -0.1) is 0 Å². The Balaban J connectivity index is 1.07. The Bertz CT molecular complexity index is 2280. The van der Waals surface area contributed by atoms with E-state index < -0.39 is 0 Å². The Morgan fingerprint density at radius 1 is 0.281 bits per heavy atom. The molecular weight excluding hydrogens is 777 g/mol. The fourth-order valence-electron chi connectivity index (χ4n) is 9.95. The zero-order valence-corrected chi connectivity index (χ0v) is 37.5. The summed E-state index contributed by atoms with van der Waals surface area (Å²) in [6, 6.07) is 34.0. The molecule has 4 saturated carbocycles. The Kier molecular flexibility index (Phi) is 13.5. The fraction of sp³-hybridized carbons (Fsp3) is 0.400. The van der Waals surface area contributed by atoms with E-state index in [2.05, 4.69) is 144 Å². The summed E-state index contributed by atoms with van der Waals surface area (Å²) in [4.78, 5) is 21.0. The maximum absolute atomic E-state index is 5.25. The molecule has 4 fully saturated rings. The van der Waals surface area contributed by atoms with Gasteiger partial charge >= 0.3 is 0 Å². The lowest BCUT2D eigenvalue weighted by molar-refractivity contribution is 0.374. The van der Waals surface area contributed by atoms with Crippen molar-refractivity contribution in [2.24, 2.45) is 20.0 Å².